The standard InChI is InChI=1S/C13H19N3O/c1-10(2)15-7-4-8-17-13-12(9-14)6-5-11(3)16-13/h5-6,10,15H,4,7-8H2,1-3H3. The van der Waals surface area contributed by atoms with Crippen LogP contribution in [0.25, 0.3) is 0 Å². The van der Waals surface area contributed by atoms with Crippen LogP contribution in [0.4, 0.5) is 0 Å². The summed E-state index contributed by atoms with van der Waals surface area (Å²) in [7, 11) is 0. The van der Waals surface area contributed by atoms with Gasteiger partial charge < -0.3 is 10.1 Å². The number of ether oxygens (including phenoxy) is 1. The maximum atomic E-state index is 8.90. The van der Waals surface area contributed by atoms with Crippen LogP contribution >= 0.6 is 0 Å². The molecular weight excluding hydrogens is 214 g/mol. The molecule has 1 rings (SSSR count). The van der Waals surface area contributed by atoms with E-state index in [2.05, 4.69) is 30.2 Å². The first-order chi connectivity index (χ1) is 8.13. The molecule has 0 saturated carbocycles. The predicted molar refractivity (Wildman–Crippen MR) is 66.9 cm³/mol. The minimum atomic E-state index is 0.442. The molecule has 0 amide bonds. The van der Waals surface area contributed by atoms with Crippen molar-refractivity contribution >= 4 is 0 Å². The molecule has 17 heavy (non-hydrogen) atoms. The number of nitrogens with one attached hydrogen (secondary N) is 1. The lowest BCUT2D eigenvalue weighted by Gasteiger charge is -2.09. The number of aryl methyl sites for hydroxylation is 1. The summed E-state index contributed by atoms with van der Waals surface area (Å²) < 4.78 is 5.52. The van der Waals surface area contributed by atoms with Gasteiger partial charge in [0.15, 0.2) is 0 Å². The van der Waals surface area contributed by atoms with Crippen molar-refractivity contribution in [1.29, 1.82) is 5.26 Å². The molecule has 0 fully saturated rings. The molecule has 0 saturated heterocycles. The van der Waals surface area contributed by atoms with Crippen molar-refractivity contribution in [1.82, 2.24) is 10.3 Å². The molecule has 1 aromatic heterocycles. The molecule has 4 heteroatoms. The van der Waals surface area contributed by atoms with Crippen LogP contribution < -0.4 is 10.1 Å². The SMILES string of the molecule is Cc1ccc(C#N)c(OCCCNC(C)C)n1. The first-order valence-electron chi connectivity index (χ1n) is 5.87. The summed E-state index contributed by atoms with van der Waals surface area (Å²) in [4.78, 5) is 4.21. The zero-order valence-electron chi connectivity index (χ0n) is 10.7. The monoisotopic (exact) mass is 233 g/mol. The molecule has 0 bridgehead atoms. The summed E-state index contributed by atoms with van der Waals surface area (Å²) in [6.07, 6.45) is 0.901. The average molecular weight is 233 g/mol. The lowest BCUT2D eigenvalue weighted by molar-refractivity contribution is 0.293. The fraction of sp³-hybridized carbons (Fsp3) is 0.538. The Morgan fingerprint density at radius 2 is 2.24 bits per heavy atom. The third kappa shape index (κ3) is 4.83. The van der Waals surface area contributed by atoms with Gasteiger partial charge in [-0.25, -0.2) is 4.98 Å². The Morgan fingerprint density at radius 1 is 1.47 bits per heavy atom. The quantitative estimate of drug-likeness (QED) is 0.764. The van der Waals surface area contributed by atoms with Crippen LogP contribution in [0.2, 0.25) is 0 Å². The zero-order valence-corrected chi connectivity index (χ0v) is 10.7. The molecule has 0 aliphatic rings. The molecular formula is C13H19N3O. The molecule has 0 radical (unpaired) electrons. The van der Waals surface area contributed by atoms with Crippen molar-refractivity contribution in [2.75, 3.05) is 13.2 Å². The molecule has 4 nitrogen and oxygen atoms in total. The average Bonchev–Trinajstić information content (AvgIpc) is 2.28. The minimum absolute atomic E-state index is 0.442. The van der Waals surface area contributed by atoms with Gasteiger partial charge >= 0.3 is 0 Å². The highest BCUT2D eigenvalue weighted by Crippen LogP contribution is 2.14. The highest BCUT2D eigenvalue weighted by Gasteiger charge is 2.04. The normalized spacial score (nSPS) is 10.3. The second kappa shape index (κ2) is 6.87. The third-order valence-electron chi connectivity index (χ3n) is 2.23. The van der Waals surface area contributed by atoms with Crippen LogP contribution in [0.1, 0.15) is 31.5 Å². The largest absolute Gasteiger partial charge is 0.477 e. The molecule has 0 aliphatic carbocycles. The first kappa shape index (κ1) is 13.5. The molecule has 0 aliphatic heterocycles. The second-order valence-corrected chi connectivity index (χ2v) is 4.23. The summed E-state index contributed by atoms with van der Waals surface area (Å²) in [5.74, 6) is 0.442. The van der Waals surface area contributed by atoms with Crippen LogP contribution in [-0.4, -0.2) is 24.2 Å². The van der Waals surface area contributed by atoms with Gasteiger partial charge in [0.05, 0.1) is 6.61 Å². The molecule has 92 valence electrons. The number of hydrogen-bond donors (Lipinski definition) is 1. The predicted octanol–water partition coefficient (Wildman–Crippen LogP) is 2.03. The summed E-state index contributed by atoms with van der Waals surface area (Å²) in [6, 6.07) is 6.12. The Kier molecular flexibility index (Phi) is 5.44. The van der Waals surface area contributed by atoms with E-state index in [1.54, 1.807) is 6.07 Å². The number of hydrogen-bond acceptors (Lipinski definition) is 4. The maximum Gasteiger partial charge on any atom is 0.231 e. The molecule has 1 aromatic rings. The molecule has 0 spiro atoms. The van der Waals surface area contributed by atoms with Gasteiger partial charge in [0.1, 0.15) is 11.6 Å². The molecule has 1 N–H and O–H groups in total. The van der Waals surface area contributed by atoms with Gasteiger partial charge in [-0.1, -0.05) is 13.8 Å². The van der Waals surface area contributed by atoms with E-state index in [4.69, 9.17) is 10.00 Å². The Bertz CT molecular complexity index is 396. The van der Waals surface area contributed by atoms with Crippen LogP contribution in [0.5, 0.6) is 5.88 Å². The van der Waals surface area contributed by atoms with Crippen molar-refractivity contribution in [3.8, 4) is 11.9 Å². The van der Waals surface area contributed by atoms with Gasteiger partial charge in [-0.15, -0.1) is 0 Å². The van der Waals surface area contributed by atoms with E-state index in [-0.39, 0.29) is 0 Å². The second-order valence-electron chi connectivity index (χ2n) is 4.23. The van der Waals surface area contributed by atoms with E-state index in [0.717, 1.165) is 18.7 Å². The maximum absolute atomic E-state index is 8.90. The van der Waals surface area contributed by atoms with Crippen molar-refractivity contribution in [2.45, 2.75) is 33.2 Å². The molecule has 0 unspecified atom stereocenters. The lowest BCUT2D eigenvalue weighted by Crippen LogP contribution is -2.24. The Labute approximate surface area is 103 Å². The van der Waals surface area contributed by atoms with Gasteiger partial charge in [-0.05, 0) is 32.0 Å². The highest BCUT2D eigenvalue weighted by atomic mass is 16.5. The zero-order chi connectivity index (χ0) is 12.7. The topological polar surface area (TPSA) is 57.9 Å². The molecule has 1 heterocycles. The fourth-order valence-corrected chi connectivity index (χ4v) is 1.36. The lowest BCUT2D eigenvalue weighted by atomic mass is 10.2. The van der Waals surface area contributed by atoms with Crippen LogP contribution in [-0.2, 0) is 0 Å². The number of nitrogens with zero attached hydrogens (tertiary/aromatic N) is 2. The van der Waals surface area contributed by atoms with Gasteiger partial charge in [-0.2, -0.15) is 5.26 Å². The van der Waals surface area contributed by atoms with Gasteiger partial charge in [-0.3, -0.25) is 0 Å². The van der Waals surface area contributed by atoms with Crippen molar-refractivity contribution in [3.63, 3.8) is 0 Å². The Balaban J connectivity index is 2.41. The van der Waals surface area contributed by atoms with Crippen LogP contribution in [0.15, 0.2) is 12.1 Å². The van der Waals surface area contributed by atoms with Crippen LogP contribution in [0, 0.1) is 18.3 Å². The number of rotatable bonds is 6. The van der Waals surface area contributed by atoms with Gasteiger partial charge in [0.2, 0.25) is 5.88 Å². The number of pyridine rings is 1. The highest BCUT2D eigenvalue weighted by molar-refractivity contribution is 5.38. The Morgan fingerprint density at radius 3 is 2.88 bits per heavy atom. The van der Waals surface area contributed by atoms with Gasteiger partial charge in [0, 0.05) is 11.7 Å². The number of nitriles is 1. The van der Waals surface area contributed by atoms with Crippen molar-refractivity contribution < 1.29 is 4.74 Å². The summed E-state index contributed by atoms with van der Waals surface area (Å²) in [5.41, 5.74) is 1.35. The Hall–Kier alpha value is -1.60. The van der Waals surface area contributed by atoms with E-state index in [1.165, 1.54) is 0 Å². The van der Waals surface area contributed by atoms with Gasteiger partial charge in [0.25, 0.3) is 0 Å². The van der Waals surface area contributed by atoms with E-state index >= 15 is 0 Å². The first-order valence-corrected chi connectivity index (χ1v) is 5.87. The van der Waals surface area contributed by atoms with Crippen molar-refractivity contribution in [3.05, 3.63) is 23.4 Å². The number of aromatic nitrogens is 1. The minimum Gasteiger partial charge on any atom is -0.477 e. The molecule has 0 atom stereocenters. The smallest absolute Gasteiger partial charge is 0.231 e. The third-order valence-corrected chi connectivity index (χ3v) is 2.23. The fourth-order valence-electron chi connectivity index (χ4n) is 1.36. The van der Waals surface area contributed by atoms with E-state index in [9.17, 15) is 0 Å². The summed E-state index contributed by atoms with van der Waals surface area (Å²) >= 11 is 0. The van der Waals surface area contributed by atoms with E-state index < -0.39 is 0 Å². The van der Waals surface area contributed by atoms with E-state index in [1.807, 2.05) is 13.0 Å². The molecule has 0 aromatic carbocycles. The van der Waals surface area contributed by atoms with Crippen molar-refractivity contribution in [2.24, 2.45) is 0 Å². The summed E-state index contributed by atoms with van der Waals surface area (Å²) in [5, 5.41) is 12.2. The van der Waals surface area contributed by atoms with Crippen LogP contribution in [0.3, 0.4) is 0 Å². The van der Waals surface area contributed by atoms with E-state index in [0.29, 0.717) is 24.1 Å². The summed E-state index contributed by atoms with van der Waals surface area (Å²) in [6.45, 7) is 7.58.